The van der Waals surface area contributed by atoms with Gasteiger partial charge in [0.25, 0.3) is 0 Å². The van der Waals surface area contributed by atoms with E-state index in [0.29, 0.717) is 0 Å². The number of nitriles is 1. The molecule has 0 bridgehead atoms. The molecule has 1 saturated carbocycles. The summed E-state index contributed by atoms with van der Waals surface area (Å²) in [5.41, 5.74) is 0.846. The third kappa shape index (κ3) is 2.74. The number of likely N-dealkylation sites (tertiary alicyclic amines) is 1. The maximum absolute atomic E-state index is 11.1. The molecule has 2 aliphatic rings. The van der Waals surface area contributed by atoms with Crippen LogP contribution in [0, 0.1) is 17.2 Å². The van der Waals surface area contributed by atoms with Crippen molar-refractivity contribution in [1.82, 2.24) is 19.9 Å². The lowest BCUT2D eigenvalue weighted by Crippen LogP contribution is -2.42. The number of rotatable bonds is 6. The number of H-pyrrole nitrogens is 1. The lowest BCUT2D eigenvalue weighted by atomic mass is 10.2. The van der Waals surface area contributed by atoms with Crippen molar-refractivity contribution in [2.24, 2.45) is 5.92 Å². The van der Waals surface area contributed by atoms with Crippen LogP contribution in [0.1, 0.15) is 19.3 Å². The number of aromatic amines is 1. The van der Waals surface area contributed by atoms with E-state index in [2.05, 4.69) is 25.9 Å². The smallest absolute Gasteiger partial charge is 0.154 e. The van der Waals surface area contributed by atoms with Gasteiger partial charge in [0.05, 0.1) is 11.5 Å². The van der Waals surface area contributed by atoms with E-state index >= 15 is 0 Å². The molecule has 2 atom stereocenters. The topological polar surface area (TPSA) is 88.9 Å². The summed E-state index contributed by atoms with van der Waals surface area (Å²) in [6.07, 6.45) is 7.70. The lowest BCUT2D eigenvalue weighted by Gasteiger charge is -2.31. The Morgan fingerprint density at radius 3 is 3.08 bits per heavy atom. The van der Waals surface area contributed by atoms with Crippen LogP contribution in [0.15, 0.2) is 18.6 Å². The monoisotopic (exact) mass is 324 g/mol. The minimum absolute atomic E-state index is 0.273. The molecule has 0 radical (unpaired) electrons. The zero-order valence-corrected chi connectivity index (χ0v) is 13.4. The van der Waals surface area contributed by atoms with E-state index in [1.165, 1.54) is 12.8 Å². The highest BCUT2D eigenvalue weighted by molar-refractivity contribution is 5.87. The molecule has 7 nitrogen and oxygen atoms in total. The summed E-state index contributed by atoms with van der Waals surface area (Å²) in [5.74, 6) is 1.68. The number of anilines is 1. The van der Waals surface area contributed by atoms with E-state index < -0.39 is 6.04 Å². The highest BCUT2D eigenvalue weighted by atomic mass is 16.1. The number of hydrogen-bond donors (Lipinski definition) is 1. The Bertz CT molecular complexity index is 777. The number of carbonyl (C=O) groups excluding carboxylic acids is 1. The normalized spacial score (nSPS) is 22.4. The second kappa shape index (κ2) is 6.21. The number of nitrogens with one attached hydrogen (secondary N) is 1. The van der Waals surface area contributed by atoms with Crippen LogP contribution in [0.2, 0.25) is 0 Å². The first-order chi connectivity index (χ1) is 11.8. The Hall–Kier alpha value is -2.46. The van der Waals surface area contributed by atoms with E-state index in [9.17, 15) is 4.79 Å². The lowest BCUT2D eigenvalue weighted by molar-refractivity contribution is -0.110. The van der Waals surface area contributed by atoms with Gasteiger partial charge < -0.3 is 14.7 Å². The summed E-state index contributed by atoms with van der Waals surface area (Å²) >= 11 is 0. The number of aromatic nitrogens is 3. The van der Waals surface area contributed by atoms with E-state index in [-0.39, 0.29) is 6.04 Å². The Morgan fingerprint density at radius 2 is 2.33 bits per heavy atom. The Labute approximate surface area is 140 Å². The molecule has 0 spiro atoms. The van der Waals surface area contributed by atoms with Gasteiger partial charge in [0, 0.05) is 31.9 Å². The molecular weight excluding hydrogens is 304 g/mol. The van der Waals surface area contributed by atoms with Gasteiger partial charge in [-0.15, -0.1) is 0 Å². The van der Waals surface area contributed by atoms with Crippen molar-refractivity contribution < 1.29 is 4.79 Å². The summed E-state index contributed by atoms with van der Waals surface area (Å²) in [6, 6.07) is 3.72. The predicted octanol–water partition coefficient (Wildman–Crippen LogP) is 1.34. The fraction of sp³-hybridized carbons (Fsp3) is 0.529. The van der Waals surface area contributed by atoms with Crippen molar-refractivity contribution in [3.05, 3.63) is 18.6 Å². The van der Waals surface area contributed by atoms with E-state index in [1.807, 2.05) is 17.2 Å². The summed E-state index contributed by atoms with van der Waals surface area (Å²) in [4.78, 5) is 27.4. The SMILES string of the molecule is N#CC(C=O)N1CCC(N(CC2CC2)c2ncnc3[nH]ccc23)C1. The molecule has 2 aromatic rings. The van der Waals surface area contributed by atoms with Crippen LogP contribution in [0.3, 0.4) is 0 Å². The second-order valence-corrected chi connectivity index (χ2v) is 6.68. The van der Waals surface area contributed by atoms with Gasteiger partial charge in [-0.2, -0.15) is 5.26 Å². The van der Waals surface area contributed by atoms with E-state index in [1.54, 1.807) is 6.33 Å². The Morgan fingerprint density at radius 1 is 1.46 bits per heavy atom. The van der Waals surface area contributed by atoms with Crippen molar-refractivity contribution >= 4 is 23.1 Å². The van der Waals surface area contributed by atoms with Crippen molar-refractivity contribution in [2.75, 3.05) is 24.5 Å². The van der Waals surface area contributed by atoms with Gasteiger partial charge in [-0.05, 0) is 31.2 Å². The highest BCUT2D eigenvalue weighted by Gasteiger charge is 2.35. The molecule has 2 aromatic heterocycles. The number of aldehydes is 1. The van der Waals surface area contributed by atoms with Crippen molar-refractivity contribution in [1.29, 1.82) is 5.26 Å². The molecule has 1 saturated heterocycles. The average Bonchev–Trinajstić information content (AvgIpc) is 3.10. The molecular formula is C17H20N6O. The first kappa shape index (κ1) is 15.1. The molecule has 0 aromatic carbocycles. The van der Waals surface area contributed by atoms with Crippen LogP contribution in [-0.4, -0.2) is 57.9 Å². The third-order valence-electron chi connectivity index (χ3n) is 5.05. The summed E-state index contributed by atoms with van der Waals surface area (Å²) in [7, 11) is 0. The van der Waals surface area contributed by atoms with Crippen LogP contribution in [0.25, 0.3) is 11.0 Å². The van der Waals surface area contributed by atoms with Crippen LogP contribution in [0.4, 0.5) is 5.82 Å². The number of hydrogen-bond acceptors (Lipinski definition) is 6. The first-order valence-electron chi connectivity index (χ1n) is 8.44. The Kier molecular flexibility index (Phi) is 3.90. The van der Waals surface area contributed by atoms with Gasteiger partial charge in [-0.1, -0.05) is 0 Å². The molecule has 3 heterocycles. The summed E-state index contributed by atoms with van der Waals surface area (Å²) in [6.45, 7) is 2.47. The maximum atomic E-state index is 11.1. The summed E-state index contributed by atoms with van der Waals surface area (Å²) < 4.78 is 0. The van der Waals surface area contributed by atoms with Gasteiger partial charge in [0.1, 0.15) is 17.8 Å². The quantitative estimate of drug-likeness (QED) is 0.807. The molecule has 124 valence electrons. The molecule has 1 aliphatic heterocycles. The third-order valence-corrected chi connectivity index (χ3v) is 5.05. The van der Waals surface area contributed by atoms with Crippen molar-refractivity contribution in [3.63, 3.8) is 0 Å². The zero-order valence-electron chi connectivity index (χ0n) is 13.4. The molecule has 4 rings (SSSR count). The average molecular weight is 324 g/mol. The fourth-order valence-corrected chi connectivity index (χ4v) is 3.55. The molecule has 2 unspecified atom stereocenters. The zero-order chi connectivity index (χ0) is 16.5. The largest absolute Gasteiger partial charge is 0.351 e. The number of fused-ring (bicyclic) bond motifs is 1. The molecule has 24 heavy (non-hydrogen) atoms. The van der Waals surface area contributed by atoms with Crippen LogP contribution in [0.5, 0.6) is 0 Å². The van der Waals surface area contributed by atoms with E-state index in [0.717, 1.165) is 55.1 Å². The number of nitrogens with zero attached hydrogens (tertiary/aromatic N) is 5. The summed E-state index contributed by atoms with van der Waals surface area (Å²) in [5, 5.41) is 10.2. The van der Waals surface area contributed by atoms with E-state index in [4.69, 9.17) is 5.26 Å². The maximum Gasteiger partial charge on any atom is 0.154 e. The van der Waals surface area contributed by atoms with Gasteiger partial charge in [-0.25, -0.2) is 9.97 Å². The van der Waals surface area contributed by atoms with Crippen LogP contribution in [-0.2, 0) is 4.79 Å². The molecule has 7 heteroatoms. The van der Waals surface area contributed by atoms with Gasteiger partial charge in [0.2, 0.25) is 0 Å². The highest BCUT2D eigenvalue weighted by Crippen LogP contribution is 2.35. The predicted molar refractivity (Wildman–Crippen MR) is 89.4 cm³/mol. The molecule has 0 amide bonds. The first-order valence-corrected chi connectivity index (χ1v) is 8.44. The minimum Gasteiger partial charge on any atom is -0.351 e. The Balaban J connectivity index is 1.62. The van der Waals surface area contributed by atoms with Crippen LogP contribution < -0.4 is 4.90 Å². The molecule has 1 aliphatic carbocycles. The standard InChI is InChI=1S/C17H20N6O/c18-7-14(10-24)22-6-4-13(9-22)23(8-12-1-2-12)17-15-3-5-19-16(15)20-11-21-17/h3,5,10-14H,1-2,4,6,8-9H2,(H,19,20,21). The fourth-order valence-electron chi connectivity index (χ4n) is 3.55. The number of carbonyl (C=O) groups is 1. The van der Waals surface area contributed by atoms with Crippen molar-refractivity contribution in [3.8, 4) is 6.07 Å². The molecule has 1 N–H and O–H groups in total. The van der Waals surface area contributed by atoms with Gasteiger partial charge in [0.15, 0.2) is 12.3 Å². The second-order valence-electron chi connectivity index (χ2n) is 6.68. The van der Waals surface area contributed by atoms with Crippen molar-refractivity contribution in [2.45, 2.75) is 31.3 Å². The van der Waals surface area contributed by atoms with Crippen LogP contribution >= 0.6 is 0 Å². The van der Waals surface area contributed by atoms with Gasteiger partial charge in [-0.3, -0.25) is 4.90 Å². The molecule has 2 fully saturated rings. The van der Waals surface area contributed by atoms with Gasteiger partial charge >= 0.3 is 0 Å². The minimum atomic E-state index is -0.643.